The fourth-order valence-corrected chi connectivity index (χ4v) is 2.59. The van der Waals surface area contributed by atoms with Gasteiger partial charge in [0.25, 0.3) is 5.91 Å². The summed E-state index contributed by atoms with van der Waals surface area (Å²) in [5, 5.41) is 3.71. The number of fused-ring (bicyclic) bond motifs is 1. The Balaban J connectivity index is 2.01. The Morgan fingerprint density at radius 3 is 2.59 bits per heavy atom. The summed E-state index contributed by atoms with van der Waals surface area (Å²) in [6.07, 6.45) is 0. The van der Waals surface area contributed by atoms with Gasteiger partial charge in [-0.15, -0.1) is 0 Å². The smallest absolute Gasteiger partial charge is 0.255 e. The van der Waals surface area contributed by atoms with Crippen LogP contribution < -0.4 is 5.32 Å². The number of rotatable bonds is 2. The second-order valence-electron chi connectivity index (χ2n) is 4.93. The molecule has 0 atom stereocenters. The van der Waals surface area contributed by atoms with Crippen molar-refractivity contribution in [2.75, 3.05) is 5.32 Å². The molecule has 3 aromatic rings. The van der Waals surface area contributed by atoms with Gasteiger partial charge in [-0.25, -0.2) is 4.39 Å². The number of hydrogen-bond donors (Lipinski definition) is 1. The van der Waals surface area contributed by atoms with E-state index in [-0.39, 0.29) is 11.7 Å². The number of nitrogens with one attached hydrogen (secondary N) is 1. The summed E-state index contributed by atoms with van der Waals surface area (Å²) >= 11 is 3.42. The first-order valence-electron chi connectivity index (χ1n) is 6.67. The van der Waals surface area contributed by atoms with E-state index in [1.54, 1.807) is 0 Å². The molecule has 1 aromatic heterocycles. The molecule has 3 nitrogen and oxygen atoms in total. The van der Waals surface area contributed by atoms with Crippen molar-refractivity contribution in [3.05, 3.63) is 70.1 Å². The maximum absolute atomic E-state index is 12.9. The summed E-state index contributed by atoms with van der Waals surface area (Å²) in [5.41, 5.74) is 2.69. The molecule has 0 aliphatic rings. The fourth-order valence-electron chi connectivity index (χ4n) is 2.23. The van der Waals surface area contributed by atoms with Gasteiger partial charge in [-0.05, 0) is 55.5 Å². The molecule has 0 aliphatic heterocycles. The Kier molecular flexibility index (Phi) is 3.90. The minimum Gasteiger partial charge on any atom is -0.321 e. The van der Waals surface area contributed by atoms with Gasteiger partial charge in [0.15, 0.2) is 0 Å². The predicted octanol–water partition coefficient (Wildman–Crippen LogP) is 4.70. The Morgan fingerprint density at radius 2 is 1.86 bits per heavy atom. The predicted molar refractivity (Wildman–Crippen MR) is 88.5 cm³/mol. The number of benzene rings is 2. The summed E-state index contributed by atoms with van der Waals surface area (Å²) in [5.74, 6) is -0.655. The summed E-state index contributed by atoms with van der Waals surface area (Å²) in [6, 6.07) is 13.0. The normalized spacial score (nSPS) is 10.7. The van der Waals surface area contributed by atoms with Crippen LogP contribution >= 0.6 is 15.9 Å². The van der Waals surface area contributed by atoms with E-state index >= 15 is 0 Å². The SMILES string of the molecule is Cc1cc(NC(=O)c2ccc(F)cc2)c2cc(Br)ccc2n1. The summed E-state index contributed by atoms with van der Waals surface area (Å²) in [4.78, 5) is 16.7. The quantitative estimate of drug-likeness (QED) is 0.721. The molecule has 0 saturated carbocycles. The average molecular weight is 359 g/mol. The van der Waals surface area contributed by atoms with Crippen LogP contribution in [0.25, 0.3) is 10.9 Å². The number of pyridine rings is 1. The topological polar surface area (TPSA) is 42.0 Å². The first-order valence-corrected chi connectivity index (χ1v) is 7.46. The van der Waals surface area contributed by atoms with Crippen LogP contribution in [0.3, 0.4) is 0 Å². The zero-order valence-electron chi connectivity index (χ0n) is 11.7. The molecule has 0 saturated heterocycles. The maximum Gasteiger partial charge on any atom is 0.255 e. The molecule has 3 rings (SSSR count). The van der Waals surface area contributed by atoms with Crippen LogP contribution in [0, 0.1) is 12.7 Å². The number of hydrogen-bond acceptors (Lipinski definition) is 2. The third-order valence-corrected chi connectivity index (χ3v) is 3.75. The zero-order valence-corrected chi connectivity index (χ0v) is 13.3. The molecule has 110 valence electrons. The van der Waals surface area contributed by atoms with Crippen molar-refractivity contribution in [2.24, 2.45) is 0 Å². The van der Waals surface area contributed by atoms with E-state index in [2.05, 4.69) is 26.2 Å². The molecule has 1 amide bonds. The highest BCUT2D eigenvalue weighted by molar-refractivity contribution is 9.10. The standard InChI is InChI=1S/C17H12BrFN2O/c1-10-8-16(14-9-12(18)4-7-15(14)20-10)21-17(22)11-2-5-13(19)6-3-11/h2-9H,1H3,(H,20,21,22). The van der Waals surface area contributed by atoms with Crippen molar-refractivity contribution in [1.82, 2.24) is 4.98 Å². The number of amides is 1. The molecule has 1 heterocycles. The Labute approximate surface area is 135 Å². The van der Waals surface area contributed by atoms with Crippen molar-refractivity contribution in [3.63, 3.8) is 0 Å². The lowest BCUT2D eigenvalue weighted by Crippen LogP contribution is -2.12. The highest BCUT2D eigenvalue weighted by Crippen LogP contribution is 2.26. The number of aryl methyl sites for hydroxylation is 1. The third-order valence-electron chi connectivity index (χ3n) is 3.25. The maximum atomic E-state index is 12.9. The van der Waals surface area contributed by atoms with Gasteiger partial charge in [0, 0.05) is 21.1 Å². The summed E-state index contributed by atoms with van der Waals surface area (Å²) < 4.78 is 13.8. The fraction of sp³-hybridized carbons (Fsp3) is 0.0588. The molecule has 0 fully saturated rings. The van der Waals surface area contributed by atoms with Crippen LogP contribution in [0.2, 0.25) is 0 Å². The van der Waals surface area contributed by atoms with Crippen LogP contribution in [0.1, 0.15) is 16.1 Å². The molecule has 22 heavy (non-hydrogen) atoms. The summed E-state index contributed by atoms with van der Waals surface area (Å²) in [7, 11) is 0. The highest BCUT2D eigenvalue weighted by atomic mass is 79.9. The van der Waals surface area contributed by atoms with E-state index in [0.29, 0.717) is 11.3 Å². The van der Waals surface area contributed by atoms with E-state index in [0.717, 1.165) is 21.1 Å². The first kappa shape index (κ1) is 14.7. The van der Waals surface area contributed by atoms with Gasteiger partial charge < -0.3 is 5.32 Å². The number of aromatic nitrogens is 1. The van der Waals surface area contributed by atoms with E-state index in [9.17, 15) is 9.18 Å². The zero-order chi connectivity index (χ0) is 15.7. The Bertz CT molecular complexity index is 862. The van der Waals surface area contributed by atoms with Crippen LogP contribution in [0.5, 0.6) is 0 Å². The van der Waals surface area contributed by atoms with Crippen molar-refractivity contribution in [1.29, 1.82) is 0 Å². The van der Waals surface area contributed by atoms with Crippen LogP contribution in [-0.2, 0) is 0 Å². The molecule has 1 N–H and O–H groups in total. The minimum atomic E-state index is -0.370. The number of anilines is 1. The van der Waals surface area contributed by atoms with Crippen molar-refractivity contribution < 1.29 is 9.18 Å². The van der Waals surface area contributed by atoms with Gasteiger partial charge in [-0.2, -0.15) is 0 Å². The van der Waals surface area contributed by atoms with Crippen LogP contribution in [-0.4, -0.2) is 10.9 Å². The van der Waals surface area contributed by atoms with E-state index < -0.39 is 0 Å². The molecule has 0 radical (unpaired) electrons. The highest BCUT2D eigenvalue weighted by Gasteiger charge is 2.10. The minimum absolute atomic E-state index is 0.285. The van der Waals surface area contributed by atoms with Gasteiger partial charge in [0.05, 0.1) is 11.2 Å². The lowest BCUT2D eigenvalue weighted by Gasteiger charge is -2.10. The van der Waals surface area contributed by atoms with Gasteiger partial charge >= 0.3 is 0 Å². The Morgan fingerprint density at radius 1 is 1.14 bits per heavy atom. The van der Waals surface area contributed by atoms with Gasteiger partial charge in [-0.1, -0.05) is 15.9 Å². The van der Waals surface area contributed by atoms with Crippen molar-refractivity contribution in [3.8, 4) is 0 Å². The van der Waals surface area contributed by atoms with E-state index in [1.165, 1.54) is 24.3 Å². The third kappa shape index (κ3) is 2.99. The first-order chi connectivity index (χ1) is 10.5. The van der Waals surface area contributed by atoms with Gasteiger partial charge in [0.2, 0.25) is 0 Å². The van der Waals surface area contributed by atoms with Gasteiger partial charge in [-0.3, -0.25) is 9.78 Å². The number of halogens is 2. The average Bonchev–Trinajstić information content (AvgIpc) is 2.48. The number of nitrogens with zero attached hydrogens (tertiary/aromatic N) is 1. The molecule has 0 bridgehead atoms. The molecular formula is C17H12BrFN2O. The Hall–Kier alpha value is -2.27. The molecular weight excluding hydrogens is 347 g/mol. The monoisotopic (exact) mass is 358 g/mol. The molecule has 2 aromatic carbocycles. The largest absolute Gasteiger partial charge is 0.321 e. The van der Waals surface area contributed by atoms with Crippen molar-refractivity contribution >= 4 is 38.4 Å². The number of carbonyl (C=O) groups excluding carboxylic acids is 1. The lowest BCUT2D eigenvalue weighted by atomic mass is 10.1. The molecule has 5 heteroatoms. The second kappa shape index (κ2) is 5.85. The van der Waals surface area contributed by atoms with Crippen LogP contribution in [0.15, 0.2) is 53.0 Å². The molecule has 0 aliphatic carbocycles. The van der Waals surface area contributed by atoms with Crippen molar-refractivity contribution in [2.45, 2.75) is 6.92 Å². The lowest BCUT2D eigenvalue weighted by molar-refractivity contribution is 0.102. The second-order valence-corrected chi connectivity index (χ2v) is 5.85. The van der Waals surface area contributed by atoms with E-state index in [4.69, 9.17) is 0 Å². The summed E-state index contributed by atoms with van der Waals surface area (Å²) in [6.45, 7) is 1.87. The van der Waals surface area contributed by atoms with E-state index in [1.807, 2.05) is 31.2 Å². The van der Waals surface area contributed by atoms with Crippen LogP contribution in [0.4, 0.5) is 10.1 Å². The van der Waals surface area contributed by atoms with Gasteiger partial charge in [0.1, 0.15) is 5.82 Å². The molecule has 0 unspecified atom stereocenters. The number of carbonyl (C=O) groups is 1. The molecule has 0 spiro atoms.